The third kappa shape index (κ3) is 6.08. The van der Waals surface area contributed by atoms with Crippen LogP contribution in [0.15, 0.2) is 60.7 Å². The van der Waals surface area contributed by atoms with E-state index in [1.165, 1.54) is 69.9 Å². The summed E-state index contributed by atoms with van der Waals surface area (Å²) in [4.78, 5) is 47.0. The summed E-state index contributed by atoms with van der Waals surface area (Å²) in [6.45, 7) is 0. The summed E-state index contributed by atoms with van der Waals surface area (Å²) >= 11 is 0. The number of hydrogen-bond acceptors (Lipinski definition) is 9. The van der Waals surface area contributed by atoms with E-state index in [-0.39, 0.29) is 39.8 Å². The molecular weight excluding hydrogens is 488 g/mol. The van der Waals surface area contributed by atoms with Crippen LogP contribution >= 0.6 is 0 Å². The first-order valence-electron chi connectivity index (χ1n) is 10.6. The van der Waals surface area contributed by atoms with Gasteiger partial charge in [0.25, 0.3) is 23.2 Å². The number of nitro benzene ring substituents is 2. The van der Waals surface area contributed by atoms with Crippen molar-refractivity contribution in [3.8, 4) is 17.2 Å². The maximum absolute atomic E-state index is 13.0. The van der Waals surface area contributed by atoms with Crippen LogP contribution in [0.2, 0.25) is 0 Å². The minimum absolute atomic E-state index is 0.0313. The Hall–Kier alpha value is -5.20. The number of benzene rings is 3. The van der Waals surface area contributed by atoms with Crippen LogP contribution in [0.5, 0.6) is 17.2 Å². The highest BCUT2D eigenvalue weighted by molar-refractivity contribution is 5.97. The molecule has 192 valence electrons. The lowest BCUT2D eigenvalue weighted by Crippen LogP contribution is -2.41. The number of rotatable bonds is 10. The van der Waals surface area contributed by atoms with Crippen LogP contribution in [0.3, 0.4) is 0 Å². The van der Waals surface area contributed by atoms with E-state index in [0.717, 1.165) is 12.1 Å². The molecule has 13 heteroatoms. The van der Waals surface area contributed by atoms with Gasteiger partial charge in [-0.3, -0.25) is 29.8 Å². The van der Waals surface area contributed by atoms with Gasteiger partial charge in [0.1, 0.15) is 6.17 Å². The lowest BCUT2D eigenvalue weighted by Gasteiger charge is -2.23. The van der Waals surface area contributed by atoms with Crippen molar-refractivity contribution < 1.29 is 33.6 Å². The summed E-state index contributed by atoms with van der Waals surface area (Å²) in [6, 6.07) is 13.1. The predicted octanol–water partition coefficient (Wildman–Crippen LogP) is 3.39. The van der Waals surface area contributed by atoms with Gasteiger partial charge in [0.2, 0.25) is 5.75 Å². The van der Waals surface area contributed by atoms with Crippen molar-refractivity contribution in [3.05, 3.63) is 97.6 Å². The van der Waals surface area contributed by atoms with Gasteiger partial charge in [0.05, 0.1) is 31.2 Å². The fraction of sp³-hybridized carbons (Fsp3) is 0.167. The number of carbonyl (C=O) groups is 2. The zero-order chi connectivity index (χ0) is 27.1. The zero-order valence-corrected chi connectivity index (χ0v) is 19.9. The number of hydrogen-bond donors (Lipinski definition) is 2. The van der Waals surface area contributed by atoms with E-state index in [1.54, 1.807) is 0 Å². The summed E-state index contributed by atoms with van der Waals surface area (Å²) < 4.78 is 16.0. The second-order valence-electron chi connectivity index (χ2n) is 7.45. The van der Waals surface area contributed by atoms with Crippen molar-refractivity contribution >= 4 is 23.2 Å². The molecule has 0 aliphatic rings. The second-order valence-corrected chi connectivity index (χ2v) is 7.45. The number of ether oxygens (including phenoxy) is 3. The molecular formula is C24H22N4O9. The summed E-state index contributed by atoms with van der Waals surface area (Å²) in [5.41, 5.74) is -0.352. The van der Waals surface area contributed by atoms with E-state index in [1.807, 2.05) is 0 Å². The molecule has 0 bridgehead atoms. The Balaban J connectivity index is 2.03. The number of nitrogens with zero attached hydrogens (tertiary/aromatic N) is 2. The molecule has 37 heavy (non-hydrogen) atoms. The first-order chi connectivity index (χ1) is 17.7. The predicted molar refractivity (Wildman–Crippen MR) is 130 cm³/mol. The molecule has 0 radical (unpaired) electrons. The number of nitro groups is 2. The molecule has 0 aliphatic heterocycles. The highest BCUT2D eigenvalue weighted by atomic mass is 16.6. The molecule has 0 aromatic heterocycles. The van der Waals surface area contributed by atoms with Gasteiger partial charge >= 0.3 is 0 Å². The van der Waals surface area contributed by atoms with Crippen molar-refractivity contribution in [1.82, 2.24) is 10.6 Å². The van der Waals surface area contributed by atoms with Gasteiger partial charge in [-0.2, -0.15) is 0 Å². The molecule has 2 amide bonds. The fourth-order valence-electron chi connectivity index (χ4n) is 3.42. The molecule has 0 saturated carbocycles. The van der Waals surface area contributed by atoms with E-state index in [0.29, 0.717) is 5.56 Å². The van der Waals surface area contributed by atoms with E-state index in [4.69, 9.17) is 14.2 Å². The van der Waals surface area contributed by atoms with Crippen LogP contribution in [0.4, 0.5) is 11.4 Å². The van der Waals surface area contributed by atoms with Gasteiger partial charge in [0.15, 0.2) is 11.5 Å². The lowest BCUT2D eigenvalue weighted by atomic mass is 10.1. The van der Waals surface area contributed by atoms with Crippen LogP contribution in [-0.2, 0) is 0 Å². The SMILES string of the molecule is COc1cc(C(NC(=O)c2cccc([N+](=O)[O-])c2)NC(=O)c2cccc([N+](=O)[O-])c2)cc(OC)c1OC. The summed E-state index contributed by atoms with van der Waals surface area (Å²) in [5, 5.41) is 27.5. The Labute approximate surface area is 210 Å². The number of carbonyl (C=O) groups excluding carboxylic acids is 2. The molecule has 0 unspecified atom stereocenters. The Morgan fingerprint density at radius 1 is 0.730 bits per heavy atom. The lowest BCUT2D eigenvalue weighted by molar-refractivity contribution is -0.385. The topological polar surface area (TPSA) is 172 Å². The molecule has 2 N–H and O–H groups in total. The molecule has 0 atom stereocenters. The fourth-order valence-corrected chi connectivity index (χ4v) is 3.42. The summed E-state index contributed by atoms with van der Waals surface area (Å²) in [7, 11) is 4.19. The maximum Gasteiger partial charge on any atom is 0.270 e. The minimum Gasteiger partial charge on any atom is -0.493 e. The Bertz CT molecular complexity index is 1260. The zero-order valence-electron chi connectivity index (χ0n) is 19.9. The number of non-ortho nitro benzene ring substituents is 2. The number of amides is 2. The molecule has 3 aromatic carbocycles. The highest BCUT2D eigenvalue weighted by Gasteiger charge is 2.24. The molecule has 3 aromatic rings. The van der Waals surface area contributed by atoms with Crippen LogP contribution in [0, 0.1) is 20.2 Å². The van der Waals surface area contributed by atoms with E-state index >= 15 is 0 Å². The van der Waals surface area contributed by atoms with E-state index < -0.39 is 27.8 Å². The minimum atomic E-state index is -1.22. The van der Waals surface area contributed by atoms with Crippen molar-refractivity contribution in [2.45, 2.75) is 6.17 Å². The van der Waals surface area contributed by atoms with Crippen LogP contribution in [0.25, 0.3) is 0 Å². The first kappa shape index (κ1) is 26.4. The van der Waals surface area contributed by atoms with Crippen LogP contribution in [0.1, 0.15) is 32.4 Å². The summed E-state index contributed by atoms with van der Waals surface area (Å²) in [5.74, 6) is -0.738. The standard InChI is InChI=1S/C24H22N4O9/c1-35-19-12-16(13-20(36-2)21(19)37-3)22(25-23(29)14-6-4-8-17(10-14)27(31)32)26-24(30)15-7-5-9-18(11-15)28(33)34/h4-13,22H,1-3H3,(H,25,29)(H,26,30). The molecule has 0 aliphatic carbocycles. The number of methoxy groups -OCH3 is 3. The Morgan fingerprint density at radius 3 is 1.51 bits per heavy atom. The Kier molecular flexibility index (Phi) is 8.20. The van der Waals surface area contributed by atoms with Crippen molar-refractivity contribution in [3.63, 3.8) is 0 Å². The van der Waals surface area contributed by atoms with Crippen LogP contribution in [-0.4, -0.2) is 43.0 Å². The van der Waals surface area contributed by atoms with Gasteiger partial charge in [-0.05, 0) is 24.3 Å². The van der Waals surface area contributed by atoms with E-state index in [2.05, 4.69) is 10.6 Å². The van der Waals surface area contributed by atoms with Crippen molar-refractivity contribution in [2.75, 3.05) is 21.3 Å². The van der Waals surface area contributed by atoms with E-state index in [9.17, 15) is 29.8 Å². The van der Waals surface area contributed by atoms with Gasteiger partial charge < -0.3 is 24.8 Å². The quantitative estimate of drug-likeness (QED) is 0.235. The van der Waals surface area contributed by atoms with Gasteiger partial charge in [-0.15, -0.1) is 0 Å². The van der Waals surface area contributed by atoms with Gasteiger partial charge in [0, 0.05) is 41.0 Å². The smallest absolute Gasteiger partial charge is 0.270 e. The first-order valence-corrected chi connectivity index (χ1v) is 10.6. The average molecular weight is 510 g/mol. The summed E-state index contributed by atoms with van der Waals surface area (Å²) in [6.07, 6.45) is -1.22. The average Bonchev–Trinajstić information content (AvgIpc) is 2.91. The monoisotopic (exact) mass is 510 g/mol. The molecule has 0 spiro atoms. The molecule has 13 nitrogen and oxygen atoms in total. The normalized spacial score (nSPS) is 10.4. The second kappa shape index (κ2) is 11.5. The largest absolute Gasteiger partial charge is 0.493 e. The van der Waals surface area contributed by atoms with Crippen molar-refractivity contribution in [1.29, 1.82) is 0 Å². The Morgan fingerprint density at radius 2 is 1.16 bits per heavy atom. The third-order valence-corrected chi connectivity index (χ3v) is 5.21. The number of nitrogens with one attached hydrogen (secondary N) is 2. The third-order valence-electron chi connectivity index (χ3n) is 5.21. The highest BCUT2D eigenvalue weighted by Crippen LogP contribution is 2.39. The molecule has 0 fully saturated rings. The molecule has 0 saturated heterocycles. The van der Waals surface area contributed by atoms with Gasteiger partial charge in [-0.25, -0.2) is 0 Å². The molecule has 0 heterocycles. The van der Waals surface area contributed by atoms with Crippen LogP contribution < -0.4 is 24.8 Å². The maximum atomic E-state index is 13.0. The van der Waals surface area contributed by atoms with Crippen molar-refractivity contribution in [2.24, 2.45) is 0 Å². The van der Waals surface area contributed by atoms with Gasteiger partial charge in [-0.1, -0.05) is 12.1 Å². The molecule has 3 rings (SSSR count).